The van der Waals surface area contributed by atoms with E-state index in [0.29, 0.717) is 19.4 Å². The number of ether oxygens (including phenoxy) is 2. The summed E-state index contributed by atoms with van der Waals surface area (Å²) in [5.74, 6) is 0. The van der Waals surface area contributed by atoms with Crippen molar-refractivity contribution >= 4 is 0 Å². The molecule has 21 heavy (non-hydrogen) atoms. The van der Waals surface area contributed by atoms with Crippen molar-refractivity contribution in [2.75, 3.05) is 6.61 Å². The third-order valence-corrected chi connectivity index (χ3v) is 4.56. The Bertz CT molecular complexity index is 486. The van der Waals surface area contributed by atoms with Crippen LogP contribution in [0.5, 0.6) is 0 Å². The van der Waals surface area contributed by atoms with Crippen LogP contribution in [-0.2, 0) is 15.1 Å². The molecule has 5 heteroatoms. The Morgan fingerprint density at radius 2 is 2.00 bits per heavy atom. The minimum absolute atomic E-state index is 0.178. The average molecular weight is 291 g/mol. The van der Waals surface area contributed by atoms with Gasteiger partial charge < -0.3 is 9.47 Å². The normalized spacial score (nSPS) is 33.0. The van der Waals surface area contributed by atoms with Crippen LogP contribution in [0.4, 0.5) is 0 Å². The first-order valence-electron chi connectivity index (χ1n) is 7.71. The van der Waals surface area contributed by atoms with Crippen molar-refractivity contribution < 1.29 is 14.4 Å². The van der Waals surface area contributed by atoms with Gasteiger partial charge in [0.15, 0.2) is 11.9 Å². The van der Waals surface area contributed by atoms with Crippen LogP contribution >= 0.6 is 0 Å². The van der Waals surface area contributed by atoms with Crippen LogP contribution in [0.2, 0.25) is 0 Å². The molecule has 1 saturated carbocycles. The van der Waals surface area contributed by atoms with Crippen LogP contribution in [0.3, 0.4) is 0 Å². The largest absolute Gasteiger partial charge is 0.353 e. The Hall–Kier alpha value is -1.46. The third-order valence-electron chi connectivity index (χ3n) is 4.56. The standard InChI is InChI=1S/C16H21NO4/c18-17(19)14-9-6-11-16(14,13-7-2-1-3-8-13)21-15-10-4-5-12-20-15/h1-3,7-8,14-15H,4-6,9-12H2. The van der Waals surface area contributed by atoms with Gasteiger partial charge in [0.2, 0.25) is 6.04 Å². The molecule has 0 amide bonds. The van der Waals surface area contributed by atoms with Crippen LogP contribution in [-0.4, -0.2) is 23.9 Å². The molecule has 0 N–H and O–H groups in total. The van der Waals surface area contributed by atoms with Crippen LogP contribution < -0.4 is 0 Å². The molecular formula is C16H21NO4. The molecule has 1 heterocycles. The molecule has 0 spiro atoms. The lowest BCUT2D eigenvalue weighted by molar-refractivity contribution is -0.548. The molecule has 114 valence electrons. The molecule has 3 atom stereocenters. The maximum atomic E-state index is 11.5. The quantitative estimate of drug-likeness (QED) is 0.631. The summed E-state index contributed by atoms with van der Waals surface area (Å²) in [6, 6.07) is 8.93. The summed E-state index contributed by atoms with van der Waals surface area (Å²) < 4.78 is 11.9. The summed E-state index contributed by atoms with van der Waals surface area (Å²) in [4.78, 5) is 11.3. The maximum absolute atomic E-state index is 11.5. The van der Waals surface area contributed by atoms with E-state index in [1.54, 1.807) is 0 Å². The number of rotatable bonds is 4. The SMILES string of the molecule is O=[N+]([O-])C1CCCC1(OC1CCCCO1)c1ccccc1. The lowest BCUT2D eigenvalue weighted by Gasteiger charge is -2.36. The fraction of sp³-hybridized carbons (Fsp3) is 0.625. The van der Waals surface area contributed by atoms with E-state index in [4.69, 9.17) is 9.47 Å². The van der Waals surface area contributed by atoms with E-state index in [1.165, 1.54) is 0 Å². The zero-order valence-electron chi connectivity index (χ0n) is 12.1. The monoisotopic (exact) mass is 291 g/mol. The lowest BCUT2D eigenvalue weighted by atomic mass is 9.88. The Labute approximate surface area is 124 Å². The second-order valence-electron chi connectivity index (χ2n) is 5.86. The first kappa shape index (κ1) is 14.5. The molecule has 2 fully saturated rings. The molecular weight excluding hydrogens is 270 g/mol. The molecule has 1 aromatic carbocycles. The van der Waals surface area contributed by atoms with Gasteiger partial charge in [-0.05, 0) is 37.7 Å². The van der Waals surface area contributed by atoms with E-state index < -0.39 is 11.6 Å². The van der Waals surface area contributed by atoms with Crippen molar-refractivity contribution in [1.29, 1.82) is 0 Å². The van der Waals surface area contributed by atoms with Crippen molar-refractivity contribution in [3.63, 3.8) is 0 Å². The van der Waals surface area contributed by atoms with E-state index in [2.05, 4.69) is 0 Å². The predicted octanol–water partition coefficient (Wildman–Crippen LogP) is 3.25. The van der Waals surface area contributed by atoms with Gasteiger partial charge in [-0.15, -0.1) is 0 Å². The molecule has 1 aliphatic heterocycles. The van der Waals surface area contributed by atoms with Crippen molar-refractivity contribution in [3.8, 4) is 0 Å². The van der Waals surface area contributed by atoms with Gasteiger partial charge in [0.05, 0.1) is 0 Å². The van der Waals surface area contributed by atoms with Gasteiger partial charge in [-0.3, -0.25) is 10.1 Å². The van der Waals surface area contributed by atoms with Gasteiger partial charge in [-0.25, -0.2) is 0 Å². The van der Waals surface area contributed by atoms with Crippen LogP contribution in [0.1, 0.15) is 44.1 Å². The van der Waals surface area contributed by atoms with Crippen LogP contribution in [0.25, 0.3) is 0 Å². The number of nitro groups is 1. The molecule has 1 aromatic rings. The van der Waals surface area contributed by atoms with Crippen molar-refractivity contribution in [2.24, 2.45) is 0 Å². The molecule has 0 bridgehead atoms. The van der Waals surface area contributed by atoms with E-state index in [-0.39, 0.29) is 11.2 Å². The van der Waals surface area contributed by atoms with Crippen molar-refractivity contribution in [1.82, 2.24) is 0 Å². The van der Waals surface area contributed by atoms with Crippen molar-refractivity contribution in [3.05, 3.63) is 46.0 Å². The number of hydrogen-bond donors (Lipinski definition) is 0. The van der Waals surface area contributed by atoms with Gasteiger partial charge in [-0.1, -0.05) is 30.3 Å². The van der Waals surface area contributed by atoms with E-state index in [9.17, 15) is 10.1 Å². The smallest absolute Gasteiger partial charge is 0.245 e. The highest BCUT2D eigenvalue weighted by Gasteiger charge is 2.54. The molecule has 1 aliphatic carbocycles. The molecule has 3 rings (SSSR count). The molecule has 2 aliphatic rings. The zero-order valence-corrected chi connectivity index (χ0v) is 12.1. The number of nitrogens with zero attached hydrogens (tertiary/aromatic N) is 1. The summed E-state index contributed by atoms with van der Waals surface area (Å²) in [6.07, 6.45) is 4.65. The summed E-state index contributed by atoms with van der Waals surface area (Å²) in [5, 5.41) is 11.5. The second-order valence-corrected chi connectivity index (χ2v) is 5.86. The highest BCUT2D eigenvalue weighted by Crippen LogP contribution is 2.45. The lowest BCUT2D eigenvalue weighted by Crippen LogP contribution is -2.46. The van der Waals surface area contributed by atoms with E-state index in [0.717, 1.165) is 31.2 Å². The summed E-state index contributed by atoms with van der Waals surface area (Å²) in [5.41, 5.74) is 0.0608. The number of hydrogen-bond acceptors (Lipinski definition) is 4. The number of benzene rings is 1. The molecule has 0 aromatic heterocycles. The average Bonchev–Trinajstić information content (AvgIpc) is 2.94. The Kier molecular flexibility index (Phi) is 4.22. The fourth-order valence-corrected chi connectivity index (χ4v) is 3.53. The zero-order chi connectivity index (χ0) is 14.7. The second kappa shape index (κ2) is 6.12. The van der Waals surface area contributed by atoms with E-state index in [1.807, 2.05) is 30.3 Å². The maximum Gasteiger partial charge on any atom is 0.245 e. The van der Waals surface area contributed by atoms with Gasteiger partial charge >= 0.3 is 0 Å². The minimum Gasteiger partial charge on any atom is -0.353 e. The first-order valence-corrected chi connectivity index (χ1v) is 7.71. The first-order chi connectivity index (χ1) is 10.2. The van der Waals surface area contributed by atoms with Crippen LogP contribution in [0.15, 0.2) is 30.3 Å². The molecule has 1 saturated heterocycles. The van der Waals surface area contributed by atoms with Gasteiger partial charge in [0.1, 0.15) is 0 Å². The summed E-state index contributed by atoms with van der Waals surface area (Å²) in [7, 11) is 0. The van der Waals surface area contributed by atoms with E-state index >= 15 is 0 Å². The summed E-state index contributed by atoms with van der Waals surface area (Å²) in [6.45, 7) is 0.679. The molecule has 5 nitrogen and oxygen atoms in total. The topological polar surface area (TPSA) is 61.6 Å². The Balaban J connectivity index is 1.92. The highest BCUT2D eigenvalue weighted by atomic mass is 16.7. The summed E-state index contributed by atoms with van der Waals surface area (Å²) >= 11 is 0. The van der Waals surface area contributed by atoms with Gasteiger partial charge in [-0.2, -0.15) is 0 Å². The van der Waals surface area contributed by atoms with Crippen LogP contribution in [0, 0.1) is 10.1 Å². The Morgan fingerprint density at radius 3 is 2.67 bits per heavy atom. The van der Waals surface area contributed by atoms with Crippen molar-refractivity contribution in [2.45, 2.75) is 56.5 Å². The highest BCUT2D eigenvalue weighted by molar-refractivity contribution is 5.25. The fourth-order valence-electron chi connectivity index (χ4n) is 3.53. The molecule has 3 unspecified atom stereocenters. The van der Waals surface area contributed by atoms with Gasteiger partial charge in [0, 0.05) is 18.0 Å². The molecule has 0 radical (unpaired) electrons. The Morgan fingerprint density at radius 1 is 1.19 bits per heavy atom. The minimum atomic E-state index is -0.841. The van der Waals surface area contributed by atoms with Gasteiger partial charge in [0.25, 0.3) is 0 Å². The third kappa shape index (κ3) is 2.80. The predicted molar refractivity (Wildman–Crippen MR) is 77.4 cm³/mol.